The Morgan fingerprint density at radius 2 is 2.36 bits per heavy atom. The van der Waals surface area contributed by atoms with Crippen LogP contribution in [-0.2, 0) is 9.53 Å². The molecule has 0 radical (unpaired) electrons. The van der Waals surface area contributed by atoms with Crippen molar-refractivity contribution in [1.29, 1.82) is 0 Å². The molecule has 11 heavy (non-hydrogen) atoms. The van der Waals surface area contributed by atoms with Crippen LogP contribution in [0.15, 0.2) is 24.7 Å². The van der Waals surface area contributed by atoms with Gasteiger partial charge in [-0.2, -0.15) is 0 Å². The van der Waals surface area contributed by atoms with Gasteiger partial charge in [0.2, 0.25) is 5.78 Å². The molecule has 0 aromatic heterocycles. The number of hydrogen-bond acceptors (Lipinski definition) is 3. The van der Waals surface area contributed by atoms with Gasteiger partial charge in [0, 0.05) is 0 Å². The Morgan fingerprint density at radius 3 is 2.82 bits per heavy atom. The molecule has 0 aromatic carbocycles. The lowest BCUT2D eigenvalue weighted by atomic mass is 10.3. The molecule has 0 aromatic rings. The maximum atomic E-state index is 10.6. The molecule has 0 aliphatic carbocycles. The molecule has 0 atom stereocenters. The fourth-order valence-electron chi connectivity index (χ4n) is 0.418. The fraction of sp³-hybridized carbons (Fsp3) is 0.375. The van der Waals surface area contributed by atoms with Crippen LogP contribution in [0.5, 0.6) is 0 Å². The second kappa shape index (κ2) is 5.53. The van der Waals surface area contributed by atoms with E-state index in [9.17, 15) is 4.79 Å². The molecule has 0 saturated heterocycles. The third kappa shape index (κ3) is 4.19. The number of carbonyl (C=O) groups is 1. The first-order valence-electron chi connectivity index (χ1n) is 3.39. The third-order valence-corrected chi connectivity index (χ3v) is 0.955. The smallest absolute Gasteiger partial charge is 0.222 e. The fourth-order valence-corrected chi connectivity index (χ4v) is 0.418. The van der Waals surface area contributed by atoms with Crippen LogP contribution in [0.25, 0.3) is 0 Å². The Kier molecular flexibility index (Phi) is 4.90. The average molecular weight is 156 g/mol. The Morgan fingerprint density at radius 1 is 1.73 bits per heavy atom. The first kappa shape index (κ1) is 9.75. The standard InChI is InChI=1S/C8H12O3/c1-3-5-11-6-8(10)7(9)4-2/h4,6,10H,2-3,5H2,1H3/b8-6+. The number of ketones is 1. The molecular weight excluding hydrogens is 144 g/mol. The highest BCUT2D eigenvalue weighted by Crippen LogP contribution is 1.93. The molecule has 1 N–H and O–H groups in total. The molecule has 0 fully saturated rings. The summed E-state index contributed by atoms with van der Waals surface area (Å²) in [6.07, 6.45) is 2.90. The first-order valence-corrected chi connectivity index (χ1v) is 3.39. The highest BCUT2D eigenvalue weighted by atomic mass is 16.5. The number of hydrogen-bond donors (Lipinski definition) is 1. The summed E-state index contributed by atoms with van der Waals surface area (Å²) >= 11 is 0. The lowest BCUT2D eigenvalue weighted by Crippen LogP contribution is -1.98. The number of ether oxygens (including phenoxy) is 1. The van der Waals surface area contributed by atoms with Crippen LogP contribution in [0.3, 0.4) is 0 Å². The Bertz CT molecular complexity index is 170. The summed E-state index contributed by atoms with van der Waals surface area (Å²) in [7, 11) is 0. The first-order chi connectivity index (χ1) is 5.22. The van der Waals surface area contributed by atoms with Gasteiger partial charge in [0.25, 0.3) is 0 Å². The van der Waals surface area contributed by atoms with Crippen molar-refractivity contribution in [1.82, 2.24) is 0 Å². The number of allylic oxidation sites excluding steroid dienone is 1. The van der Waals surface area contributed by atoms with Crippen LogP contribution in [0, 0.1) is 0 Å². The van der Waals surface area contributed by atoms with Crippen molar-refractivity contribution >= 4 is 5.78 Å². The van der Waals surface area contributed by atoms with Gasteiger partial charge in [-0.3, -0.25) is 4.79 Å². The third-order valence-electron chi connectivity index (χ3n) is 0.955. The highest BCUT2D eigenvalue weighted by molar-refractivity contribution is 6.01. The van der Waals surface area contributed by atoms with E-state index in [2.05, 4.69) is 6.58 Å². The Hall–Kier alpha value is -1.25. The van der Waals surface area contributed by atoms with Crippen LogP contribution in [0.1, 0.15) is 13.3 Å². The number of aliphatic hydroxyl groups excluding tert-OH is 1. The van der Waals surface area contributed by atoms with Crippen molar-refractivity contribution in [3.63, 3.8) is 0 Å². The molecule has 0 spiro atoms. The molecule has 0 aliphatic heterocycles. The zero-order chi connectivity index (χ0) is 8.69. The highest BCUT2D eigenvalue weighted by Gasteiger charge is 2.00. The SMILES string of the molecule is C=CC(=O)/C(O)=C\OCCC. The van der Waals surface area contributed by atoms with Crippen LogP contribution in [-0.4, -0.2) is 17.5 Å². The molecule has 62 valence electrons. The molecular formula is C8H12O3. The minimum Gasteiger partial charge on any atom is -0.502 e. The van der Waals surface area contributed by atoms with Gasteiger partial charge in [-0.1, -0.05) is 13.5 Å². The summed E-state index contributed by atoms with van der Waals surface area (Å²) < 4.78 is 4.79. The minimum atomic E-state index is -0.527. The van der Waals surface area contributed by atoms with Crippen molar-refractivity contribution in [3.05, 3.63) is 24.7 Å². The summed E-state index contributed by atoms with van der Waals surface area (Å²) in [5.41, 5.74) is 0. The maximum Gasteiger partial charge on any atom is 0.222 e. The normalized spacial score (nSPS) is 10.8. The second-order valence-corrected chi connectivity index (χ2v) is 1.94. The molecule has 0 rings (SSSR count). The van der Waals surface area contributed by atoms with Crippen molar-refractivity contribution in [2.24, 2.45) is 0 Å². The van der Waals surface area contributed by atoms with E-state index in [0.29, 0.717) is 6.61 Å². The van der Waals surface area contributed by atoms with Crippen LogP contribution >= 0.6 is 0 Å². The summed E-state index contributed by atoms with van der Waals surface area (Å²) in [6.45, 7) is 5.63. The van der Waals surface area contributed by atoms with Crippen LogP contribution in [0.2, 0.25) is 0 Å². The monoisotopic (exact) mass is 156 g/mol. The molecule has 0 aliphatic rings. The van der Waals surface area contributed by atoms with E-state index < -0.39 is 11.5 Å². The summed E-state index contributed by atoms with van der Waals surface area (Å²) in [4.78, 5) is 10.6. The molecule has 0 amide bonds. The molecule has 0 unspecified atom stereocenters. The quantitative estimate of drug-likeness (QED) is 0.373. The zero-order valence-electron chi connectivity index (χ0n) is 6.54. The topological polar surface area (TPSA) is 46.5 Å². The summed E-state index contributed by atoms with van der Waals surface area (Å²) in [5.74, 6) is -0.936. The zero-order valence-corrected chi connectivity index (χ0v) is 6.54. The second-order valence-electron chi connectivity index (χ2n) is 1.94. The molecule has 0 saturated carbocycles. The Balaban J connectivity index is 3.80. The van der Waals surface area contributed by atoms with Gasteiger partial charge in [-0.25, -0.2) is 0 Å². The van der Waals surface area contributed by atoms with Gasteiger partial charge in [-0.15, -0.1) is 0 Å². The molecule has 3 nitrogen and oxygen atoms in total. The van der Waals surface area contributed by atoms with Crippen LogP contribution < -0.4 is 0 Å². The van der Waals surface area contributed by atoms with E-state index >= 15 is 0 Å². The van der Waals surface area contributed by atoms with Crippen LogP contribution in [0.4, 0.5) is 0 Å². The number of aliphatic hydroxyl groups is 1. The lowest BCUT2D eigenvalue weighted by molar-refractivity contribution is -0.113. The molecule has 3 heteroatoms. The average Bonchev–Trinajstić information content (AvgIpc) is 2.03. The van der Waals surface area contributed by atoms with E-state index in [1.807, 2.05) is 6.92 Å². The lowest BCUT2D eigenvalue weighted by Gasteiger charge is -1.96. The van der Waals surface area contributed by atoms with Gasteiger partial charge in [-0.05, 0) is 12.5 Å². The number of rotatable bonds is 5. The van der Waals surface area contributed by atoms with E-state index in [-0.39, 0.29) is 0 Å². The van der Waals surface area contributed by atoms with Gasteiger partial charge in [0.1, 0.15) is 6.26 Å². The van der Waals surface area contributed by atoms with Gasteiger partial charge in [0.05, 0.1) is 6.61 Å². The van der Waals surface area contributed by atoms with Gasteiger partial charge >= 0.3 is 0 Å². The summed E-state index contributed by atoms with van der Waals surface area (Å²) in [5, 5.41) is 8.86. The van der Waals surface area contributed by atoms with Crippen molar-refractivity contribution < 1.29 is 14.6 Å². The molecule has 0 bridgehead atoms. The maximum absolute atomic E-state index is 10.6. The number of carbonyl (C=O) groups excluding carboxylic acids is 1. The van der Waals surface area contributed by atoms with E-state index in [1.165, 1.54) is 0 Å². The van der Waals surface area contributed by atoms with E-state index in [0.717, 1.165) is 18.8 Å². The predicted molar refractivity (Wildman–Crippen MR) is 42.2 cm³/mol. The predicted octanol–water partition coefficient (Wildman–Crippen LogP) is 1.57. The van der Waals surface area contributed by atoms with Gasteiger partial charge in [0.15, 0.2) is 5.76 Å². The van der Waals surface area contributed by atoms with Crippen molar-refractivity contribution in [2.45, 2.75) is 13.3 Å². The largest absolute Gasteiger partial charge is 0.502 e. The molecule has 0 heterocycles. The van der Waals surface area contributed by atoms with E-state index in [1.54, 1.807) is 0 Å². The van der Waals surface area contributed by atoms with Crippen molar-refractivity contribution in [2.75, 3.05) is 6.61 Å². The van der Waals surface area contributed by atoms with Gasteiger partial charge < -0.3 is 9.84 Å². The minimum absolute atomic E-state index is 0.409. The van der Waals surface area contributed by atoms with Crippen molar-refractivity contribution in [3.8, 4) is 0 Å². The summed E-state index contributed by atoms with van der Waals surface area (Å²) in [6, 6.07) is 0. The van der Waals surface area contributed by atoms with E-state index in [4.69, 9.17) is 9.84 Å². The Labute approximate surface area is 66.0 Å².